The molecule has 1 aliphatic rings. The van der Waals surface area contributed by atoms with Crippen LogP contribution in [0.2, 0.25) is 0 Å². The Balaban J connectivity index is 2.15. The predicted octanol–water partition coefficient (Wildman–Crippen LogP) is 1.70. The molecule has 0 atom stereocenters. The summed E-state index contributed by atoms with van der Waals surface area (Å²) in [6, 6.07) is 0. The van der Waals surface area contributed by atoms with Crippen molar-refractivity contribution in [2.45, 2.75) is 50.7 Å². The predicted molar refractivity (Wildman–Crippen MR) is 72.7 cm³/mol. The molecule has 0 amide bonds. The van der Waals surface area contributed by atoms with Gasteiger partial charge < -0.3 is 9.47 Å². The Bertz CT molecular complexity index is 357. The van der Waals surface area contributed by atoms with Crippen LogP contribution in [-0.2, 0) is 24.1 Å². The highest BCUT2D eigenvalue weighted by molar-refractivity contribution is 7.92. The molecule has 0 aliphatic carbocycles. The lowest BCUT2D eigenvalue weighted by atomic mass is 10.2. The molecule has 1 rings (SSSR count). The number of rotatable bonds is 8. The van der Waals surface area contributed by atoms with Crippen LogP contribution in [0.3, 0.4) is 0 Å². The molecule has 6 heteroatoms. The summed E-state index contributed by atoms with van der Waals surface area (Å²) in [7, 11) is -2.99. The van der Waals surface area contributed by atoms with Crippen molar-refractivity contribution in [3.63, 3.8) is 0 Å². The van der Waals surface area contributed by atoms with Crippen LogP contribution in [0.1, 0.15) is 45.4 Å². The van der Waals surface area contributed by atoms with Crippen LogP contribution in [0.25, 0.3) is 0 Å². The lowest BCUT2D eigenvalue weighted by Crippen LogP contribution is -2.30. The molecule has 0 aromatic carbocycles. The van der Waals surface area contributed by atoms with Crippen molar-refractivity contribution < 1.29 is 22.7 Å². The highest BCUT2D eigenvalue weighted by Crippen LogP contribution is 2.18. The second-order valence-corrected chi connectivity index (χ2v) is 7.20. The minimum Gasteiger partial charge on any atom is -0.466 e. The number of carbonyl (C=O) groups is 1. The van der Waals surface area contributed by atoms with Gasteiger partial charge in [-0.15, -0.1) is 0 Å². The summed E-state index contributed by atoms with van der Waals surface area (Å²) in [4.78, 5) is 11.1. The molecule has 0 saturated carbocycles. The first-order valence-electron chi connectivity index (χ1n) is 7.01. The van der Waals surface area contributed by atoms with Gasteiger partial charge in [-0.05, 0) is 32.6 Å². The Hall–Kier alpha value is -0.620. The molecule has 0 N–H and O–H groups in total. The zero-order valence-corrected chi connectivity index (χ0v) is 12.4. The third kappa shape index (κ3) is 6.38. The summed E-state index contributed by atoms with van der Waals surface area (Å²) in [5, 5.41) is -0.230. The van der Waals surface area contributed by atoms with Gasteiger partial charge in [0.05, 0.1) is 17.6 Å². The van der Waals surface area contributed by atoms with Crippen LogP contribution < -0.4 is 0 Å². The van der Waals surface area contributed by atoms with Crippen LogP contribution >= 0.6 is 0 Å². The molecule has 112 valence electrons. The summed E-state index contributed by atoms with van der Waals surface area (Å²) in [6.07, 6.45) is 3.68. The van der Waals surface area contributed by atoms with Gasteiger partial charge in [0.2, 0.25) is 0 Å². The smallest absolute Gasteiger partial charge is 0.305 e. The lowest BCUT2D eigenvalue weighted by molar-refractivity contribution is -0.143. The molecule has 1 heterocycles. The molecule has 0 spiro atoms. The Kier molecular flexibility index (Phi) is 7.38. The highest BCUT2D eigenvalue weighted by atomic mass is 32.2. The molecule has 0 aromatic heterocycles. The Morgan fingerprint density at radius 2 is 1.89 bits per heavy atom. The molecular weight excluding hydrogens is 268 g/mol. The monoisotopic (exact) mass is 292 g/mol. The van der Waals surface area contributed by atoms with Crippen molar-refractivity contribution in [3.8, 4) is 0 Å². The molecule has 0 aromatic rings. The van der Waals surface area contributed by atoms with Crippen LogP contribution in [0.4, 0.5) is 0 Å². The van der Waals surface area contributed by atoms with E-state index >= 15 is 0 Å². The van der Waals surface area contributed by atoms with E-state index in [4.69, 9.17) is 9.47 Å². The summed E-state index contributed by atoms with van der Waals surface area (Å²) < 4.78 is 34.1. The quantitative estimate of drug-likeness (QED) is 0.503. The Labute approximate surface area is 115 Å². The van der Waals surface area contributed by atoms with Gasteiger partial charge in [-0.25, -0.2) is 8.42 Å². The minimum atomic E-state index is -2.99. The molecular formula is C13H24O5S. The lowest BCUT2D eigenvalue weighted by Gasteiger charge is -2.22. The maximum Gasteiger partial charge on any atom is 0.305 e. The van der Waals surface area contributed by atoms with Crippen molar-refractivity contribution in [2.75, 3.05) is 25.6 Å². The van der Waals surface area contributed by atoms with Crippen LogP contribution in [0.15, 0.2) is 0 Å². The van der Waals surface area contributed by atoms with Gasteiger partial charge >= 0.3 is 5.97 Å². The summed E-state index contributed by atoms with van der Waals surface area (Å²) in [5.41, 5.74) is 0. The van der Waals surface area contributed by atoms with Crippen molar-refractivity contribution in [3.05, 3.63) is 0 Å². The molecule has 1 aliphatic heterocycles. The molecule has 0 unspecified atom stereocenters. The number of hydrogen-bond acceptors (Lipinski definition) is 5. The molecule has 19 heavy (non-hydrogen) atoms. The van der Waals surface area contributed by atoms with E-state index < -0.39 is 9.84 Å². The van der Waals surface area contributed by atoms with Gasteiger partial charge in [0.1, 0.15) is 0 Å². The van der Waals surface area contributed by atoms with Gasteiger partial charge in [0.25, 0.3) is 0 Å². The van der Waals surface area contributed by atoms with E-state index in [0.29, 0.717) is 51.9 Å². The molecule has 1 saturated heterocycles. The maximum atomic E-state index is 12.0. The van der Waals surface area contributed by atoms with E-state index in [-0.39, 0.29) is 17.0 Å². The first-order valence-corrected chi connectivity index (χ1v) is 8.72. The fourth-order valence-electron chi connectivity index (χ4n) is 2.18. The van der Waals surface area contributed by atoms with E-state index in [1.165, 1.54) is 0 Å². The summed E-state index contributed by atoms with van der Waals surface area (Å²) >= 11 is 0. The first kappa shape index (κ1) is 16.4. The zero-order chi connectivity index (χ0) is 14.1. The Morgan fingerprint density at radius 3 is 2.53 bits per heavy atom. The van der Waals surface area contributed by atoms with Gasteiger partial charge in [-0.1, -0.05) is 6.42 Å². The average Bonchev–Trinajstić information content (AvgIpc) is 2.39. The van der Waals surface area contributed by atoms with Crippen molar-refractivity contribution >= 4 is 15.8 Å². The highest BCUT2D eigenvalue weighted by Gasteiger charge is 2.26. The molecule has 1 fully saturated rings. The number of unbranched alkanes of at least 4 members (excludes halogenated alkanes) is 2. The Morgan fingerprint density at radius 1 is 1.21 bits per heavy atom. The number of hydrogen-bond donors (Lipinski definition) is 0. The fraction of sp³-hybridized carbons (Fsp3) is 0.923. The van der Waals surface area contributed by atoms with E-state index in [2.05, 4.69) is 0 Å². The topological polar surface area (TPSA) is 69.7 Å². The molecule has 0 bridgehead atoms. The zero-order valence-electron chi connectivity index (χ0n) is 11.6. The third-order valence-electron chi connectivity index (χ3n) is 3.29. The number of carbonyl (C=O) groups excluding carboxylic acids is 1. The van der Waals surface area contributed by atoms with Crippen molar-refractivity contribution in [1.29, 1.82) is 0 Å². The van der Waals surface area contributed by atoms with Gasteiger partial charge in [-0.3, -0.25) is 4.79 Å². The van der Waals surface area contributed by atoms with Gasteiger partial charge in [-0.2, -0.15) is 0 Å². The van der Waals surface area contributed by atoms with E-state index in [9.17, 15) is 13.2 Å². The van der Waals surface area contributed by atoms with Crippen LogP contribution in [0, 0.1) is 0 Å². The standard InChI is InChI=1S/C13H24O5S/c1-2-18-13(14)6-4-3-5-11-19(15,16)12-7-9-17-10-8-12/h12H,2-11H2,1H3. The molecule has 0 radical (unpaired) electrons. The maximum absolute atomic E-state index is 12.0. The van der Waals surface area contributed by atoms with Gasteiger partial charge in [0, 0.05) is 19.6 Å². The number of ether oxygens (including phenoxy) is 2. The third-order valence-corrected chi connectivity index (χ3v) is 5.64. The second kappa shape index (κ2) is 8.53. The SMILES string of the molecule is CCOC(=O)CCCCCS(=O)(=O)C1CCOCC1. The average molecular weight is 292 g/mol. The van der Waals surface area contributed by atoms with E-state index in [1.54, 1.807) is 6.92 Å². The largest absolute Gasteiger partial charge is 0.466 e. The van der Waals surface area contributed by atoms with Crippen molar-refractivity contribution in [1.82, 2.24) is 0 Å². The number of esters is 1. The second-order valence-electron chi connectivity index (χ2n) is 4.79. The summed E-state index contributed by atoms with van der Waals surface area (Å²) in [6.45, 7) is 3.27. The van der Waals surface area contributed by atoms with Gasteiger partial charge in [0.15, 0.2) is 9.84 Å². The van der Waals surface area contributed by atoms with Crippen molar-refractivity contribution in [2.24, 2.45) is 0 Å². The van der Waals surface area contributed by atoms with Crippen LogP contribution in [-0.4, -0.2) is 45.2 Å². The normalized spacial score (nSPS) is 17.3. The summed E-state index contributed by atoms with van der Waals surface area (Å²) in [5.74, 6) is 0.0234. The number of sulfone groups is 1. The first-order chi connectivity index (χ1) is 9.06. The van der Waals surface area contributed by atoms with Crippen LogP contribution in [0.5, 0.6) is 0 Å². The minimum absolute atomic E-state index is 0.199. The fourth-order valence-corrected chi connectivity index (χ4v) is 4.03. The van der Waals surface area contributed by atoms with E-state index in [1.807, 2.05) is 0 Å². The van der Waals surface area contributed by atoms with E-state index in [0.717, 1.165) is 6.42 Å². The molecule has 5 nitrogen and oxygen atoms in total.